The van der Waals surface area contributed by atoms with Gasteiger partial charge in [0, 0.05) is 19.5 Å². The van der Waals surface area contributed by atoms with Gasteiger partial charge in [0.05, 0.1) is 11.6 Å². The van der Waals surface area contributed by atoms with Crippen LogP contribution in [0.15, 0.2) is 18.2 Å². The summed E-state index contributed by atoms with van der Waals surface area (Å²) in [6.45, 7) is 5.67. The normalized spacial score (nSPS) is 19.1. The summed E-state index contributed by atoms with van der Waals surface area (Å²) in [6.07, 6.45) is 1.75. The van der Waals surface area contributed by atoms with Gasteiger partial charge in [-0.2, -0.15) is 5.26 Å². The summed E-state index contributed by atoms with van der Waals surface area (Å²) in [4.78, 5) is 13.8. The van der Waals surface area contributed by atoms with E-state index >= 15 is 0 Å². The highest BCUT2D eigenvalue weighted by molar-refractivity contribution is 5.78. The molecule has 0 N–H and O–H groups in total. The molecule has 1 aromatic rings. The second-order valence-corrected chi connectivity index (χ2v) is 5.01. The van der Waals surface area contributed by atoms with Gasteiger partial charge in [0.25, 0.3) is 0 Å². The Kier molecular flexibility index (Phi) is 3.66. The molecular formula is C15H18N2O. The van der Waals surface area contributed by atoms with Gasteiger partial charge in [0.15, 0.2) is 0 Å². The molecule has 0 aliphatic carbocycles. The van der Waals surface area contributed by atoms with E-state index in [1.165, 1.54) is 0 Å². The summed E-state index contributed by atoms with van der Waals surface area (Å²) < 4.78 is 0. The maximum atomic E-state index is 11.9. The van der Waals surface area contributed by atoms with E-state index in [0.29, 0.717) is 24.4 Å². The number of amides is 1. The topological polar surface area (TPSA) is 44.1 Å². The van der Waals surface area contributed by atoms with Crippen molar-refractivity contribution in [2.24, 2.45) is 5.92 Å². The van der Waals surface area contributed by atoms with Crippen molar-refractivity contribution in [3.05, 3.63) is 34.9 Å². The second kappa shape index (κ2) is 5.22. The van der Waals surface area contributed by atoms with Crippen LogP contribution in [0.2, 0.25) is 0 Å². The summed E-state index contributed by atoms with van der Waals surface area (Å²) in [7, 11) is 0. The molecule has 0 bridgehead atoms. The molecular weight excluding hydrogens is 224 g/mol. The predicted molar refractivity (Wildman–Crippen MR) is 69.7 cm³/mol. The first-order valence-electron chi connectivity index (χ1n) is 6.41. The quantitative estimate of drug-likeness (QED) is 0.817. The molecule has 0 aromatic heterocycles. The highest BCUT2D eigenvalue weighted by Crippen LogP contribution is 2.23. The van der Waals surface area contributed by atoms with Crippen molar-refractivity contribution in [1.29, 1.82) is 5.26 Å². The number of nitriles is 1. The Morgan fingerprint density at radius 2 is 2.28 bits per heavy atom. The highest BCUT2D eigenvalue weighted by Gasteiger charge is 2.28. The van der Waals surface area contributed by atoms with Gasteiger partial charge in [0.1, 0.15) is 0 Å². The summed E-state index contributed by atoms with van der Waals surface area (Å²) in [5, 5.41) is 8.83. The zero-order chi connectivity index (χ0) is 13.1. The largest absolute Gasteiger partial charge is 0.338 e. The number of nitrogens with zero attached hydrogens (tertiary/aromatic N) is 2. The number of hydrogen-bond donors (Lipinski definition) is 0. The zero-order valence-corrected chi connectivity index (χ0v) is 10.9. The van der Waals surface area contributed by atoms with Gasteiger partial charge in [-0.3, -0.25) is 4.79 Å². The molecule has 2 rings (SSSR count). The summed E-state index contributed by atoms with van der Waals surface area (Å²) >= 11 is 0. The molecule has 0 saturated carbocycles. The number of hydrogen-bond acceptors (Lipinski definition) is 2. The second-order valence-electron chi connectivity index (χ2n) is 5.01. The van der Waals surface area contributed by atoms with E-state index in [-0.39, 0.29) is 5.91 Å². The molecule has 1 aliphatic heterocycles. The van der Waals surface area contributed by atoms with Gasteiger partial charge in [-0.25, -0.2) is 0 Å². The van der Waals surface area contributed by atoms with Gasteiger partial charge in [-0.05, 0) is 36.1 Å². The molecule has 1 heterocycles. The average molecular weight is 242 g/mol. The van der Waals surface area contributed by atoms with Crippen LogP contribution in [0.3, 0.4) is 0 Å². The van der Waals surface area contributed by atoms with E-state index in [9.17, 15) is 4.79 Å². The van der Waals surface area contributed by atoms with Crippen molar-refractivity contribution in [3.8, 4) is 6.07 Å². The molecule has 18 heavy (non-hydrogen) atoms. The van der Waals surface area contributed by atoms with E-state index in [0.717, 1.165) is 24.1 Å². The molecule has 1 atom stereocenters. The molecule has 1 unspecified atom stereocenters. The molecule has 1 saturated heterocycles. The first-order chi connectivity index (χ1) is 8.63. The number of carbonyl (C=O) groups is 1. The van der Waals surface area contributed by atoms with E-state index in [4.69, 9.17) is 5.26 Å². The highest BCUT2D eigenvalue weighted by atomic mass is 16.2. The molecule has 1 aromatic carbocycles. The van der Waals surface area contributed by atoms with E-state index in [2.05, 4.69) is 13.0 Å². The average Bonchev–Trinajstić information content (AvgIpc) is 2.72. The third kappa shape index (κ3) is 2.53. The van der Waals surface area contributed by atoms with Crippen LogP contribution in [0.25, 0.3) is 0 Å². The minimum atomic E-state index is 0.255. The first-order valence-corrected chi connectivity index (χ1v) is 6.41. The van der Waals surface area contributed by atoms with Crippen molar-refractivity contribution in [2.45, 2.75) is 33.2 Å². The minimum Gasteiger partial charge on any atom is -0.338 e. The fourth-order valence-electron chi connectivity index (χ4n) is 2.43. The van der Waals surface area contributed by atoms with Gasteiger partial charge in [0.2, 0.25) is 5.91 Å². The van der Waals surface area contributed by atoms with Gasteiger partial charge in [-0.15, -0.1) is 0 Å². The third-order valence-corrected chi connectivity index (χ3v) is 3.70. The number of likely N-dealkylation sites (tertiary alicyclic amines) is 1. The number of aryl methyl sites for hydroxylation is 1. The van der Waals surface area contributed by atoms with Crippen LogP contribution in [-0.2, 0) is 11.3 Å². The Balaban J connectivity index is 2.11. The van der Waals surface area contributed by atoms with Crippen molar-refractivity contribution in [3.63, 3.8) is 0 Å². The Hall–Kier alpha value is -1.82. The molecule has 1 aliphatic rings. The molecule has 3 nitrogen and oxygen atoms in total. The lowest BCUT2D eigenvalue weighted by molar-refractivity contribution is -0.128. The van der Waals surface area contributed by atoms with Gasteiger partial charge in [-0.1, -0.05) is 19.4 Å². The van der Waals surface area contributed by atoms with Crippen LogP contribution in [0.5, 0.6) is 0 Å². The number of carbonyl (C=O) groups excluding carboxylic acids is 1. The molecule has 3 heteroatoms. The Morgan fingerprint density at radius 3 is 2.83 bits per heavy atom. The SMILES string of the molecule is CCC1CC(=O)N(Cc2ccc(C#N)cc2C)C1. The van der Waals surface area contributed by atoms with Crippen LogP contribution in [-0.4, -0.2) is 17.4 Å². The number of benzene rings is 1. The fourth-order valence-corrected chi connectivity index (χ4v) is 2.43. The molecule has 94 valence electrons. The summed E-state index contributed by atoms with van der Waals surface area (Å²) in [5.74, 6) is 0.766. The molecule has 0 spiro atoms. The van der Waals surface area contributed by atoms with E-state index in [1.54, 1.807) is 0 Å². The van der Waals surface area contributed by atoms with E-state index in [1.807, 2.05) is 30.0 Å². The van der Waals surface area contributed by atoms with Crippen LogP contribution < -0.4 is 0 Å². The van der Waals surface area contributed by atoms with Crippen molar-refractivity contribution >= 4 is 5.91 Å². The summed E-state index contributed by atoms with van der Waals surface area (Å²) in [5.41, 5.74) is 2.90. The van der Waals surface area contributed by atoms with Crippen molar-refractivity contribution in [1.82, 2.24) is 4.90 Å². The Labute approximate surface area is 108 Å². The lowest BCUT2D eigenvalue weighted by Crippen LogP contribution is -2.25. The fraction of sp³-hybridized carbons (Fsp3) is 0.467. The predicted octanol–water partition coefficient (Wildman–Crippen LogP) is 2.63. The Morgan fingerprint density at radius 1 is 1.50 bits per heavy atom. The number of rotatable bonds is 3. The third-order valence-electron chi connectivity index (χ3n) is 3.70. The standard InChI is InChI=1S/C15H18N2O/c1-3-12-7-15(18)17(9-12)10-14-5-4-13(8-16)6-11(14)2/h4-6,12H,3,7,9-10H2,1-2H3. The Bertz CT molecular complexity index is 502. The van der Waals surface area contributed by atoms with Crippen molar-refractivity contribution in [2.75, 3.05) is 6.54 Å². The van der Waals surface area contributed by atoms with E-state index < -0.39 is 0 Å². The van der Waals surface area contributed by atoms with Crippen LogP contribution in [0, 0.1) is 24.2 Å². The molecule has 1 amide bonds. The lowest BCUT2D eigenvalue weighted by Gasteiger charge is -2.18. The summed E-state index contributed by atoms with van der Waals surface area (Å²) in [6, 6.07) is 7.79. The van der Waals surface area contributed by atoms with Gasteiger partial charge < -0.3 is 4.90 Å². The smallest absolute Gasteiger partial charge is 0.223 e. The monoisotopic (exact) mass is 242 g/mol. The van der Waals surface area contributed by atoms with Gasteiger partial charge >= 0.3 is 0 Å². The van der Waals surface area contributed by atoms with Crippen LogP contribution in [0.1, 0.15) is 36.5 Å². The lowest BCUT2D eigenvalue weighted by atomic mass is 10.1. The van der Waals surface area contributed by atoms with Crippen LogP contribution >= 0.6 is 0 Å². The van der Waals surface area contributed by atoms with Crippen LogP contribution in [0.4, 0.5) is 0 Å². The minimum absolute atomic E-state index is 0.255. The maximum Gasteiger partial charge on any atom is 0.223 e. The molecule has 0 radical (unpaired) electrons. The molecule has 1 fully saturated rings. The maximum absolute atomic E-state index is 11.9. The first kappa shape index (κ1) is 12.6. The van der Waals surface area contributed by atoms with Crippen molar-refractivity contribution < 1.29 is 4.79 Å². The zero-order valence-electron chi connectivity index (χ0n) is 10.9.